The maximum Gasteiger partial charge on any atom is 0.354 e. The molecule has 1 amide bonds. The van der Waals surface area contributed by atoms with Gasteiger partial charge in [0.25, 0.3) is 5.91 Å². The molecule has 0 fully saturated rings. The fourth-order valence-electron chi connectivity index (χ4n) is 0.953. The van der Waals surface area contributed by atoms with E-state index >= 15 is 0 Å². The fourth-order valence-corrected chi connectivity index (χ4v) is 1.22. The second kappa shape index (κ2) is 7.46. The minimum atomic E-state index is -0.701. The molecule has 0 heterocycles. The quantitative estimate of drug-likeness (QED) is 0.487. The van der Waals surface area contributed by atoms with E-state index in [2.05, 4.69) is 30.9 Å². The van der Waals surface area contributed by atoms with E-state index in [0.29, 0.717) is 5.56 Å². The Hall–Kier alpha value is -1.86. The number of benzene rings is 1. The molecule has 0 saturated carbocycles. The predicted octanol–water partition coefficient (Wildman–Crippen LogP) is 1.30. The maximum atomic E-state index is 11.5. The molecule has 1 aromatic carbocycles. The molecule has 0 aliphatic carbocycles. The Bertz CT molecular complexity index is 445. The molecule has 6 nitrogen and oxygen atoms in total. The summed E-state index contributed by atoms with van der Waals surface area (Å²) in [5, 5.41) is 0. The second-order valence-electron chi connectivity index (χ2n) is 3.02. The molecule has 0 aliphatic rings. The average molecular weight is 315 g/mol. The number of hydrazine groups is 1. The summed E-state index contributed by atoms with van der Waals surface area (Å²) in [5.41, 5.74) is 4.67. The summed E-state index contributed by atoms with van der Waals surface area (Å²) in [6.45, 7) is 0. The van der Waals surface area contributed by atoms with Crippen LogP contribution in [0.3, 0.4) is 0 Å². The van der Waals surface area contributed by atoms with Crippen molar-refractivity contribution in [3.63, 3.8) is 0 Å². The van der Waals surface area contributed by atoms with Crippen LogP contribution in [-0.4, -0.2) is 19.0 Å². The van der Waals surface area contributed by atoms with Crippen LogP contribution in [0.2, 0.25) is 0 Å². The summed E-state index contributed by atoms with van der Waals surface area (Å²) in [5.74, 6) is -1.13. The minimum absolute atomic E-state index is 0.425. The van der Waals surface area contributed by atoms with E-state index in [1.807, 2.05) is 5.59 Å². The van der Waals surface area contributed by atoms with Gasteiger partial charge in [0, 0.05) is 10.0 Å². The topological polar surface area (TPSA) is 76.7 Å². The molecule has 0 radical (unpaired) electrons. The molecule has 1 rings (SSSR count). The van der Waals surface area contributed by atoms with Crippen molar-refractivity contribution < 1.29 is 19.2 Å². The van der Waals surface area contributed by atoms with Gasteiger partial charge in [-0.3, -0.25) is 10.2 Å². The SMILES string of the molecule is COC=CC(=O)ONNC(=O)c1ccc(Br)cc1. The molecule has 96 valence electrons. The van der Waals surface area contributed by atoms with Gasteiger partial charge in [0.2, 0.25) is 0 Å². The molecule has 0 spiro atoms. The first-order valence-corrected chi connectivity index (χ1v) is 5.64. The number of amides is 1. The van der Waals surface area contributed by atoms with E-state index in [-0.39, 0.29) is 0 Å². The van der Waals surface area contributed by atoms with Crippen molar-refractivity contribution in [1.29, 1.82) is 0 Å². The van der Waals surface area contributed by atoms with Crippen molar-refractivity contribution in [2.75, 3.05) is 7.11 Å². The van der Waals surface area contributed by atoms with E-state index < -0.39 is 11.9 Å². The molecule has 0 aliphatic heterocycles. The number of halogens is 1. The van der Waals surface area contributed by atoms with Gasteiger partial charge < -0.3 is 9.57 Å². The number of methoxy groups -OCH3 is 1. The van der Waals surface area contributed by atoms with Crippen molar-refractivity contribution in [3.8, 4) is 0 Å². The molecule has 2 N–H and O–H groups in total. The van der Waals surface area contributed by atoms with E-state index in [1.165, 1.54) is 7.11 Å². The molecule has 1 aromatic rings. The van der Waals surface area contributed by atoms with Crippen molar-refractivity contribution in [2.24, 2.45) is 0 Å². The summed E-state index contributed by atoms with van der Waals surface area (Å²) < 4.78 is 5.38. The molecule has 0 bridgehead atoms. The van der Waals surface area contributed by atoms with Crippen LogP contribution in [0.1, 0.15) is 10.4 Å². The molecule has 18 heavy (non-hydrogen) atoms. The highest BCUT2D eigenvalue weighted by atomic mass is 79.9. The van der Waals surface area contributed by atoms with Crippen LogP contribution in [0, 0.1) is 0 Å². The molecule has 7 heteroatoms. The third-order valence-electron chi connectivity index (χ3n) is 1.76. The first-order valence-electron chi connectivity index (χ1n) is 4.84. The smallest absolute Gasteiger partial charge is 0.354 e. The van der Waals surface area contributed by atoms with Crippen molar-refractivity contribution in [2.45, 2.75) is 0 Å². The third-order valence-corrected chi connectivity index (χ3v) is 2.29. The van der Waals surface area contributed by atoms with Crippen LogP contribution < -0.4 is 11.0 Å². The summed E-state index contributed by atoms with van der Waals surface area (Å²) in [7, 11) is 1.40. The first-order chi connectivity index (χ1) is 8.63. The number of ether oxygens (including phenoxy) is 1. The first kappa shape index (κ1) is 14.2. The zero-order valence-corrected chi connectivity index (χ0v) is 11.1. The molecule has 0 aromatic heterocycles. The number of hydrogen-bond donors (Lipinski definition) is 2. The Balaban J connectivity index is 2.35. The van der Waals surface area contributed by atoms with Crippen LogP contribution in [0.15, 0.2) is 41.1 Å². The van der Waals surface area contributed by atoms with Gasteiger partial charge in [0.15, 0.2) is 0 Å². The van der Waals surface area contributed by atoms with Gasteiger partial charge in [-0.05, 0) is 24.3 Å². The van der Waals surface area contributed by atoms with Gasteiger partial charge in [0.05, 0.1) is 19.4 Å². The molecular formula is C11H11BrN2O4. The fraction of sp³-hybridized carbons (Fsp3) is 0.0909. The average Bonchev–Trinajstić information content (AvgIpc) is 2.37. The highest BCUT2D eigenvalue weighted by molar-refractivity contribution is 9.10. The van der Waals surface area contributed by atoms with Gasteiger partial charge >= 0.3 is 5.97 Å². The standard InChI is InChI=1S/C11H11BrN2O4/c1-17-7-6-10(15)18-14-13-11(16)8-2-4-9(12)5-3-8/h2-7,14H,1H3,(H,13,16). The van der Waals surface area contributed by atoms with E-state index in [4.69, 9.17) is 0 Å². The van der Waals surface area contributed by atoms with Crippen LogP contribution in [-0.2, 0) is 14.4 Å². The number of carbonyl (C=O) groups excluding carboxylic acids is 2. The number of nitrogens with one attached hydrogen (secondary N) is 2. The van der Waals surface area contributed by atoms with E-state index in [0.717, 1.165) is 16.8 Å². The zero-order chi connectivity index (χ0) is 13.4. The summed E-state index contributed by atoms with van der Waals surface area (Å²) >= 11 is 3.25. The molecule has 0 saturated heterocycles. The number of rotatable bonds is 5. The Morgan fingerprint density at radius 1 is 1.28 bits per heavy atom. The third kappa shape index (κ3) is 4.98. The lowest BCUT2D eigenvalue weighted by Crippen LogP contribution is -2.38. The van der Waals surface area contributed by atoms with Crippen molar-refractivity contribution in [1.82, 2.24) is 11.0 Å². The molecular weight excluding hydrogens is 304 g/mol. The lowest BCUT2D eigenvalue weighted by molar-refractivity contribution is -0.146. The monoisotopic (exact) mass is 314 g/mol. The van der Waals surface area contributed by atoms with Crippen LogP contribution >= 0.6 is 15.9 Å². The molecule has 0 unspecified atom stereocenters. The summed E-state index contributed by atoms with van der Waals surface area (Å²) in [6.07, 6.45) is 2.21. The van der Waals surface area contributed by atoms with Crippen LogP contribution in [0.5, 0.6) is 0 Å². The van der Waals surface area contributed by atoms with E-state index in [1.54, 1.807) is 24.3 Å². The van der Waals surface area contributed by atoms with E-state index in [9.17, 15) is 9.59 Å². The van der Waals surface area contributed by atoms with Gasteiger partial charge in [-0.15, -0.1) is 0 Å². The summed E-state index contributed by atoms with van der Waals surface area (Å²) in [6, 6.07) is 6.69. The van der Waals surface area contributed by atoms with Crippen molar-refractivity contribution in [3.05, 3.63) is 46.6 Å². The lowest BCUT2D eigenvalue weighted by Gasteiger charge is -2.05. The van der Waals surface area contributed by atoms with Gasteiger partial charge in [0.1, 0.15) is 0 Å². The maximum absolute atomic E-state index is 11.5. The van der Waals surface area contributed by atoms with Gasteiger partial charge in [-0.1, -0.05) is 21.5 Å². The normalized spacial score (nSPS) is 10.1. The zero-order valence-electron chi connectivity index (χ0n) is 9.48. The van der Waals surface area contributed by atoms with Gasteiger partial charge in [-0.25, -0.2) is 4.79 Å². The highest BCUT2D eigenvalue weighted by Crippen LogP contribution is 2.09. The molecule has 0 atom stereocenters. The Morgan fingerprint density at radius 2 is 1.94 bits per heavy atom. The number of hydrogen-bond acceptors (Lipinski definition) is 5. The lowest BCUT2D eigenvalue weighted by atomic mass is 10.2. The van der Waals surface area contributed by atoms with Crippen molar-refractivity contribution >= 4 is 27.8 Å². The minimum Gasteiger partial charge on any atom is -0.504 e. The number of carbonyl (C=O) groups is 2. The second-order valence-corrected chi connectivity index (χ2v) is 3.94. The highest BCUT2D eigenvalue weighted by Gasteiger charge is 2.05. The predicted molar refractivity (Wildman–Crippen MR) is 67.0 cm³/mol. The summed E-state index contributed by atoms with van der Waals surface area (Å²) in [4.78, 5) is 26.9. The van der Waals surface area contributed by atoms with Gasteiger partial charge in [-0.2, -0.15) is 0 Å². The Labute approximate surface area is 112 Å². The Kier molecular flexibility index (Phi) is 5.89. The van der Waals surface area contributed by atoms with Crippen LogP contribution in [0.4, 0.5) is 0 Å². The largest absolute Gasteiger partial charge is 0.504 e. The Morgan fingerprint density at radius 3 is 2.56 bits per heavy atom. The van der Waals surface area contributed by atoms with Crippen LogP contribution in [0.25, 0.3) is 0 Å².